The van der Waals surface area contributed by atoms with Crippen LogP contribution in [-0.2, 0) is 0 Å². The summed E-state index contributed by atoms with van der Waals surface area (Å²) in [6, 6.07) is 4.65. The number of hydrogen-bond donors (Lipinski definition) is 2. The Morgan fingerprint density at radius 2 is 1.62 bits per heavy atom. The van der Waals surface area contributed by atoms with Gasteiger partial charge in [-0.05, 0) is 35.9 Å². The highest BCUT2D eigenvalue weighted by Gasteiger charge is 2.17. The Hall–Kier alpha value is -1.79. The number of nitrogens with one attached hydrogen (secondary N) is 1. The molecule has 7 heteroatoms. The molecule has 112 valence electrons. The molecule has 0 heterocycles. The van der Waals surface area contributed by atoms with Crippen molar-refractivity contribution in [2.24, 2.45) is 5.73 Å². The van der Waals surface area contributed by atoms with E-state index >= 15 is 0 Å². The molecule has 2 aromatic rings. The largest absolute Gasteiger partial charge is 0.377 e. The van der Waals surface area contributed by atoms with Gasteiger partial charge in [0.25, 0.3) is 0 Å². The van der Waals surface area contributed by atoms with Crippen LogP contribution in [0.25, 0.3) is 0 Å². The van der Waals surface area contributed by atoms with Gasteiger partial charge in [-0.25, -0.2) is 17.6 Å². The third kappa shape index (κ3) is 3.65. The Balaban J connectivity index is 2.31. The number of hydrogen-bond acceptors (Lipinski definition) is 2. The van der Waals surface area contributed by atoms with E-state index in [0.29, 0.717) is 5.69 Å². The van der Waals surface area contributed by atoms with Crippen molar-refractivity contribution < 1.29 is 17.6 Å². The van der Waals surface area contributed by atoms with Crippen LogP contribution < -0.4 is 11.1 Å². The molecule has 0 fully saturated rings. The van der Waals surface area contributed by atoms with E-state index in [0.717, 1.165) is 24.3 Å². The second kappa shape index (κ2) is 6.32. The predicted molar refractivity (Wildman–Crippen MR) is 73.1 cm³/mol. The molecule has 0 radical (unpaired) electrons. The van der Waals surface area contributed by atoms with Crippen LogP contribution in [0.15, 0.2) is 30.3 Å². The molecule has 0 saturated heterocycles. The molecular formula is C14H11ClF4N2. The van der Waals surface area contributed by atoms with E-state index in [-0.39, 0.29) is 17.1 Å². The first-order valence-electron chi connectivity index (χ1n) is 5.98. The van der Waals surface area contributed by atoms with Gasteiger partial charge in [-0.1, -0.05) is 11.6 Å². The fourth-order valence-corrected chi connectivity index (χ4v) is 2.11. The van der Waals surface area contributed by atoms with Gasteiger partial charge in [-0.3, -0.25) is 0 Å². The van der Waals surface area contributed by atoms with E-state index in [4.69, 9.17) is 17.3 Å². The van der Waals surface area contributed by atoms with Gasteiger partial charge in [0.1, 0.15) is 5.82 Å². The summed E-state index contributed by atoms with van der Waals surface area (Å²) in [4.78, 5) is 0. The normalized spacial score (nSPS) is 12.3. The lowest BCUT2D eigenvalue weighted by molar-refractivity contribution is 0.444. The summed E-state index contributed by atoms with van der Waals surface area (Å²) in [5.41, 5.74) is 5.94. The van der Waals surface area contributed by atoms with Crippen LogP contribution in [0.3, 0.4) is 0 Å². The molecule has 0 amide bonds. The Labute approximate surface area is 123 Å². The Kier molecular flexibility index (Phi) is 4.69. The van der Waals surface area contributed by atoms with E-state index in [2.05, 4.69) is 5.32 Å². The second-order valence-electron chi connectivity index (χ2n) is 4.39. The van der Waals surface area contributed by atoms with Crippen molar-refractivity contribution in [1.29, 1.82) is 0 Å². The van der Waals surface area contributed by atoms with Gasteiger partial charge in [0.05, 0.1) is 6.04 Å². The monoisotopic (exact) mass is 318 g/mol. The zero-order chi connectivity index (χ0) is 15.6. The topological polar surface area (TPSA) is 38.0 Å². The van der Waals surface area contributed by atoms with Gasteiger partial charge in [0.15, 0.2) is 17.5 Å². The minimum absolute atomic E-state index is 0.0430. The highest BCUT2D eigenvalue weighted by molar-refractivity contribution is 6.30. The standard InChI is InChI=1S/C14H11ClF4N2/c15-8-3-9(16)5-10(4-8)21-13(6-20)7-1-11(17)14(19)12(18)2-7/h1-5,13,21H,6,20H2. The van der Waals surface area contributed by atoms with Crippen LogP contribution in [0.4, 0.5) is 23.2 Å². The highest BCUT2D eigenvalue weighted by Crippen LogP contribution is 2.25. The third-order valence-corrected chi connectivity index (χ3v) is 3.07. The van der Waals surface area contributed by atoms with Crippen LogP contribution in [0.2, 0.25) is 5.02 Å². The molecule has 0 spiro atoms. The van der Waals surface area contributed by atoms with Crippen molar-refractivity contribution >= 4 is 17.3 Å². The Morgan fingerprint density at radius 1 is 1.00 bits per heavy atom. The molecule has 0 aromatic heterocycles. The van der Waals surface area contributed by atoms with Crippen molar-refractivity contribution in [2.45, 2.75) is 6.04 Å². The quantitative estimate of drug-likeness (QED) is 0.660. The van der Waals surface area contributed by atoms with Crippen LogP contribution in [-0.4, -0.2) is 6.54 Å². The van der Waals surface area contributed by atoms with Crippen molar-refractivity contribution in [3.63, 3.8) is 0 Å². The zero-order valence-electron chi connectivity index (χ0n) is 10.6. The summed E-state index contributed by atoms with van der Waals surface area (Å²) >= 11 is 5.71. The summed E-state index contributed by atoms with van der Waals surface area (Å²) in [7, 11) is 0. The third-order valence-electron chi connectivity index (χ3n) is 2.85. The fourth-order valence-electron chi connectivity index (χ4n) is 1.89. The summed E-state index contributed by atoms with van der Waals surface area (Å²) in [6.07, 6.45) is 0. The minimum Gasteiger partial charge on any atom is -0.377 e. The molecule has 0 aliphatic rings. The zero-order valence-corrected chi connectivity index (χ0v) is 11.4. The molecule has 1 atom stereocenters. The SMILES string of the molecule is NCC(Nc1cc(F)cc(Cl)c1)c1cc(F)c(F)c(F)c1. The smallest absolute Gasteiger partial charge is 0.194 e. The van der Waals surface area contributed by atoms with Gasteiger partial charge in [-0.15, -0.1) is 0 Å². The van der Waals surface area contributed by atoms with Crippen LogP contribution in [0, 0.1) is 23.3 Å². The van der Waals surface area contributed by atoms with Gasteiger partial charge >= 0.3 is 0 Å². The van der Waals surface area contributed by atoms with Gasteiger partial charge in [0.2, 0.25) is 0 Å². The molecule has 21 heavy (non-hydrogen) atoms. The summed E-state index contributed by atoms with van der Waals surface area (Å²) in [5.74, 6) is -4.76. The number of benzene rings is 2. The highest BCUT2D eigenvalue weighted by atomic mass is 35.5. The first-order valence-corrected chi connectivity index (χ1v) is 6.35. The number of rotatable bonds is 4. The molecule has 0 aliphatic heterocycles. The maximum atomic E-state index is 13.2. The molecular weight excluding hydrogens is 308 g/mol. The summed E-state index contributed by atoms with van der Waals surface area (Å²) in [6.45, 7) is -0.0430. The van der Waals surface area contributed by atoms with Crippen molar-refractivity contribution in [2.75, 3.05) is 11.9 Å². The van der Waals surface area contributed by atoms with Gasteiger partial charge in [-0.2, -0.15) is 0 Å². The van der Waals surface area contributed by atoms with Crippen molar-refractivity contribution in [1.82, 2.24) is 0 Å². The van der Waals surface area contributed by atoms with E-state index in [1.807, 2.05) is 0 Å². The first kappa shape index (κ1) is 15.6. The lowest BCUT2D eigenvalue weighted by Crippen LogP contribution is -2.21. The van der Waals surface area contributed by atoms with E-state index < -0.39 is 29.3 Å². The molecule has 0 saturated carbocycles. The van der Waals surface area contributed by atoms with E-state index in [1.54, 1.807) is 0 Å². The molecule has 2 rings (SSSR count). The van der Waals surface area contributed by atoms with Gasteiger partial charge in [0, 0.05) is 17.3 Å². The maximum Gasteiger partial charge on any atom is 0.194 e. The molecule has 3 N–H and O–H groups in total. The maximum absolute atomic E-state index is 13.2. The molecule has 2 aromatic carbocycles. The van der Waals surface area contributed by atoms with Crippen molar-refractivity contribution in [3.05, 3.63) is 64.2 Å². The molecule has 0 aliphatic carbocycles. The number of halogens is 5. The minimum atomic E-state index is -1.55. The van der Waals surface area contributed by atoms with E-state index in [9.17, 15) is 17.6 Å². The summed E-state index contributed by atoms with van der Waals surface area (Å²) < 4.78 is 52.7. The number of anilines is 1. The van der Waals surface area contributed by atoms with Crippen molar-refractivity contribution in [3.8, 4) is 0 Å². The first-order chi connectivity index (χ1) is 9.90. The lowest BCUT2D eigenvalue weighted by atomic mass is 10.1. The van der Waals surface area contributed by atoms with Crippen LogP contribution >= 0.6 is 11.6 Å². The lowest BCUT2D eigenvalue weighted by Gasteiger charge is -2.19. The fraction of sp³-hybridized carbons (Fsp3) is 0.143. The molecule has 2 nitrogen and oxygen atoms in total. The average molecular weight is 319 g/mol. The van der Waals surface area contributed by atoms with Gasteiger partial charge < -0.3 is 11.1 Å². The van der Waals surface area contributed by atoms with E-state index in [1.165, 1.54) is 6.07 Å². The van der Waals surface area contributed by atoms with Crippen LogP contribution in [0.5, 0.6) is 0 Å². The second-order valence-corrected chi connectivity index (χ2v) is 4.83. The molecule has 1 unspecified atom stereocenters. The molecule has 0 bridgehead atoms. The Morgan fingerprint density at radius 3 is 2.14 bits per heavy atom. The van der Waals surface area contributed by atoms with Crippen LogP contribution in [0.1, 0.15) is 11.6 Å². The Bertz CT molecular complexity index is 620. The predicted octanol–water partition coefficient (Wildman–Crippen LogP) is 4.01. The number of nitrogens with two attached hydrogens (primary N) is 1. The summed E-state index contributed by atoms with van der Waals surface area (Å²) in [5, 5.41) is 2.95. The average Bonchev–Trinajstić information content (AvgIpc) is 2.40.